The number of ether oxygens (including phenoxy) is 3. The highest BCUT2D eigenvalue weighted by Gasteiger charge is 2.45. The fourth-order valence-electron chi connectivity index (χ4n) is 3.39. The Morgan fingerprint density at radius 2 is 1.72 bits per heavy atom. The van der Waals surface area contributed by atoms with Crippen LogP contribution < -0.4 is 9.47 Å². The van der Waals surface area contributed by atoms with Crippen LogP contribution in [-0.2, 0) is 4.74 Å². The second-order valence-electron chi connectivity index (χ2n) is 7.29. The molecule has 1 saturated heterocycles. The molecule has 2 aromatic rings. The lowest BCUT2D eigenvalue weighted by atomic mass is 9.99. The number of Topliss-reactive ketones (excluding diaryl/α,β-unsaturated/α-hetero) is 1. The summed E-state index contributed by atoms with van der Waals surface area (Å²) < 4.78 is 16.1. The van der Waals surface area contributed by atoms with Crippen molar-refractivity contribution < 1.29 is 54.8 Å². The summed E-state index contributed by atoms with van der Waals surface area (Å²) in [4.78, 5) is 12.6. The summed E-state index contributed by atoms with van der Waals surface area (Å²) in [5.74, 6) is -2.48. The van der Waals surface area contributed by atoms with Crippen molar-refractivity contribution in [3.63, 3.8) is 0 Å². The Kier molecular flexibility index (Phi) is 5.67. The number of carbonyl (C=O) groups excluding carboxylic acids is 1. The first kappa shape index (κ1) is 21.9. The number of phenolic OH excluding ortho intramolecular Hbond substituents is 3. The maximum absolute atomic E-state index is 12.6. The van der Waals surface area contributed by atoms with Crippen molar-refractivity contribution >= 4 is 11.9 Å². The molecule has 0 radical (unpaired) electrons. The number of rotatable bonds is 4. The zero-order valence-corrected chi connectivity index (χ0v) is 16.3. The smallest absolute Gasteiger partial charge is 0.232 e. The van der Waals surface area contributed by atoms with Crippen molar-refractivity contribution in [3.05, 3.63) is 47.2 Å². The second-order valence-corrected chi connectivity index (χ2v) is 7.29. The second kappa shape index (κ2) is 8.30. The summed E-state index contributed by atoms with van der Waals surface area (Å²) >= 11 is 0. The number of hydrogen-bond donors (Lipinski definition) is 7. The third-order valence-corrected chi connectivity index (χ3v) is 5.16. The van der Waals surface area contributed by atoms with Gasteiger partial charge in [0, 0.05) is 0 Å². The molecule has 0 aliphatic carbocycles. The highest BCUT2D eigenvalue weighted by Crippen LogP contribution is 2.45. The van der Waals surface area contributed by atoms with E-state index in [1.165, 1.54) is 36.4 Å². The Balaban J connectivity index is 1.59. The van der Waals surface area contributed by atoms with Gasteiger partial charge in [0.15, 0.2) is 28.8 Å². The molecular weight excluding hydrogens is 428 g/mol. The number of ketones is 1. The topological polar surface area (TPSA) is 186 Å². The molecule has 2 aliphatic rings. The lowest BCUT2D eigenvalue weighted by Crippen LogP contribution is -2.60. The van der Waals surface area contributed by atoms with Crippen LogP contribution in [0.5, 0.6) is 28.7 Å². The number of phenols is 3. The molecule has 170 valence electrons. The minimum atomic E-state index is -1.69. The zero-order chi connectivity index (χ0) is 23.2. The van der Waals surface area contributed by atoms with E-state index < -0.39 is 48.8 Å². The Morgan fingerprint density at radius 1 is 0.969 bits per heavy atom. The molecule has 11 heteroatoms. The molecule has 7 N–H and O–H groups in total. The maximum Gasteiger partial charge on any atom is 0.232 e. The van der Waals surface area contributed by atoms with E-state index in [2.05, 4.69) is 0 Å². The molecule has 11 nitrogen and oxygen atoms in total. The van der Waals surface area contributed by atoms with Crippen molar-refractivity contribution in [2.75, 3.05) is 6.61 Å². The van der Waals surface area contributed by atoms with Crippen LogP contribution in [0.1, 0.15) is 15.9 Å². The summed E-state index contributed by atoms with van der Waals surface area (Å²) in [6, 6.07) is 6.43. The fourth-order valence-corrected chi connectivity index (χ4v) is 3.39. The molecule has 32 heavy (non-hydrogen) atoms. The number of aliphatic hydroxyl groups excluding tert-OH is 4. The predicted octanol–water partition coefficient (Wildman–Crippen LogP) is -0.402. The van der Waals surface area contributed by atoms with Crippen LogP contribution in [0.25, 0.3) is 6.08 Å². The summed E-state index contributed by atoms with van der Waals surface area (Å²) in [5.41, 5.74) is 0.381. The first-order chi connectivity index (χ1) is 15.2. The average molecular weight is 448 g/mol. The van der Waals surface area contributed by atoms with Gasteiger partial charge in [0.2, 0.25) is 17.8 Å². The third-order valence-electron chi connectivity index (χ3n) is 5.16. The maximum atomic E-state index is 12.6. The van der Waals surface area contributed by atoms with Crippen LogP contribution in [0.4, 0.5) is 0 Å². The van der Waals surface area contributed by atoms with Gasteiger partial charge in [0.05, 0.1) is 12.2 Å². The van der Waals surface area contributed by atoms with Gasteiger partial charge >= 0.3 is 0 Å². The molecule has 0 aromatic heterocycles. The third kappa shape index (κ3) is 3.72. The van der Waals surface area contributed by atoms with Crippen LogP contribution >= 0.6 is 0 Å². The molecule has 2 aromatic carbocycles. The SMILES string of the molecule is O=C1/C(=C\c2ccc(O)c(O)c2)Oc2c1ccc(O[C@@H]1O[C@H](CO)[C@@H](O)[C@H](O)[C@H]1O)c2O. The monoisotopic (exact) mass is 448 g/mol. The molecule has 2 aliphatic heterocycles. The van der Waals surface area contributed by atoms with Crippen molar-refractivity contribution in [1.29, 1.82) is 0 Å². The molecule has 5 atom stereocenters. The average Bonchev–Trinajstić information content (AvgIpc) is 3.09. The molecule has 2 heterocycles. The van der Waals surface area contributed by atoms with Crippen molar-refractivity contribution in [2.45, 2.75) is 30.7 Å². The van der Waals surface area contributed by atoms with Crippen molar-refractivity contribution in [1.82, 2.24) is 0 Å². The number of aliphatic hydroxyl groups is 4. The lowest BCUT2D eigenvalue weighted by molar-refractivity contribution is -0.277. The summed E-state index contributed by atoms with van der Waals surface area (Å²) in [5, 5.41) is 68.6. The van der Waals surface area contributed by atoms with Crippen molar-refractivity contribution in [3.8, 4) is 28.7 Å². The van der Waals surface area contributed by atoms with E-state index in [4.69, 9.17) is 14.2 Å². The summed E-state index contributed by atoms with van der Waals surface area (Å²) in [6.45, 7) is -0.653. The Hall–Kier alpha value is -3.35. The number of allylic oxidation sites excluding steroid dienone is 1. The molecule has 1 fully saturated rings. The van der Waals surface area contributed by atoms with Crippen LogP contribution in [-0.4, -0.2) is 78.8 Å². The largest absolute Gasteiger partial charge is 0.504 e. The minimum absolute atomic E-state index is 0.0258. The van der Waals surface area contributed by atoms with Crippen LogP contribution in [0.2, 0.25) is 0 Å². The quantitative estimate of drug-likeness (QED) is 0.238. The molecular formula is C21H20O11. The minimum Gasteiger partial charge on any atom is -0.504 e. The van der Waals surface area contributed by atoms with E-state index in [-0.39, 0.29) is 34.3 Å². The Labute approximate surface area is 180 Å². The van der Waals surface area contributed by atoms with Crippen LogP contribution in [0, 0.1) is 0 Å². The summed E-state index contributed by atoms with van der Waals surface area (Å²) in [7, 11) is 0. The molecule has 0 spiro atoms. The number of benzene rings is 2. The van der Waals surface area contributed by atoms with Gasteiger partial charge < -0.3 is 50.0 Å². The van der Waals surface area contributed by atoms with Gasteiger partial charge in [-0.25, -0.2) is 0 Å². The van der Waals surface area contributed by atoms with Crippen LogP contribution in [0.3, 0.4) is 0 Å². The zero-order valence-electron chi connectivity index (χ0n) is 16.3. The van der Waals surface area contributed by atoms with Gasteiger partial charge in [-0.2, -0.15) is 0 Å². The normalized spacial score (nSPS) is 28.4. The van der Waals surface area contributed by atoms with Gasteiger partial charge in [-0.3, -0.25) is 4.79 Å². The lowest BCUT2D eigenvalue weighted by Gasteiger charge is -2.39. The highest BCUT2D eigenvalue weighted by molar-refractivity contribution is 6.15. The first-order valence-electron chi connectivity index (χ1n) is 9.50. The number of fused-ring (bicyclic) bond motifs is 1. The van der Waals surface area contributed by atoms with E-state index in [0.29, 0.717) is 5.56 Å². The van der Waals surface area contributed by atoms with Crippen molar-refractivity contribution in [2.24, 2.45) is 0 Å². The molecule has 0 unspecified atom stereocenters. The number of carbonyl (C=O) groups is 1. The fraction of sp³-hybridized carbons (Fsp3) is 0.286. The first-order valence-corrected chi connectivity index (χ1v) is 9.50. The van der Waals surface area contributed by atoms with E-state index in [1.807, 2.05) is 0 Å². The standard InChI is InChI=1S/C21H20O11/c22-7-14-16(26)18(28)19(29)21(32-14)31-12-4-2-9-15(25)13(30-20(9)17(12)27)6-8-1-3-10(23)11(24)5-8/h1-6,14,16,18-19,21-24,26-29H,7H2/b13-6+/t14-,16-,18+,19-,21-/m1/s1. The van der Waals surface area contributed by atoms with Crippen LogP contribution in [0.15, 0.2) is 36.1 Å². The van der Waals surface area contributed by atoms with E-state index in [0.717, 1.165) is 0 Å². The number of hydrogen-bond acceptors (Lipinski definition) is 11. The molecule has 0 bridgehead atoms. The van der Waals surface area contributed by atoms with E-state index in [9.17, 15) is 40.5 Å². The van der Waals surface area contributed by atoms with Gasteiger partial charge in [-0.15, -0.1) is 0 Å². The van der Waals surface area contributed by atoms with Gasteiger partial charge in [0.25, 0.3) is 0 Å². The molecule has 0 saturated carbocycles. The van der Waals surface area contributed by atoms with Gasteiger partial charge in [0.1, 0.15) is 24.4 Å². The highest BCUT2D eigenvalue weighted by atomic mass is 16.7. The Morgan fingerprint density at radius 3 is 2.41 bits per heavy atom. The van der Waals surface area contributed by atoms with E-state index >= 15 is 0 Å². The molecule has 0 amide bonds. The Bertz CT molecular complexity index is 1080. The van der Waals surface area contributed by atoms with Gasteiger partial charge in [-0.1, -0.05) is 6.07 Å². The number of aromatic hydroxyl groups is 3. The molecule has 4 rings (SSSR count). The summed E-state index contributed by atoms with van der Waals surface area (Å²) in [6.07, 6.45) is -6.38. The predicted molar refractivity (Wildman–Crippen MR) is 105 cm³/mol. The van der Waals surface area contributed by atoms with E-state index in [1.54, 1.807) is 0 Å². The van der Waals surface area contributed by atoms with Gasteiger partial charge in [-0.05, 0) is 35.9 Å².